The molecule has 12 heavy (non-hydrogen) atoms. The van der Waals surface area contributed by atoms with Crippen LogP contribution in [0.15, 0.2) is 30.3 Å². The highest BCUT2D eigenvalue weighted by molar-refractivity contribution is 5.16. The molecule has 0 spiro atoms. The van der Waals surface area contributed by atoms with Crippen LogP contribution in [0, 0.1) is 0 Å². The number of benzene rings is 1. The Morgan fingerprint density at radius 1 is 1.25 bits per heavy atom. The molecule has 1 aromatic carbocycles. The van der Waals surface area contributed by atoms with Gasteiger partial charge in [-0.05, 0) is 24.8 Å². The molecule has 1 aromatic rings. The van der Waals surface area contributed by atoms with Crippen LogP contribution in [0.4, 0.5) is 0 Å². The molecule has 0 bridgehead atoms. The summed E-state index contributed by atoms with van der Waals surface area (Å²) in [5, 5.41) is 4.53. The SMILES string of the molecule is c1ccc(C[C@@H]2CCC[N]2)cc1. The molecule has 1 atom stereocenters. The molecule has 0 aliphatic carbocycles. The smallest absolute Gasteiger partial charge is 0.0286 e. The molecular weight excluding hydrogens is 146 g/mol. The second-order valence-electron chi connectivity index (χ2n) is 3.39. The van der Waals surface area contributed by atoms with Gasteiger partial charge in [-0.2, -0.15) is 0 Å². The lowest BCUT2D eigenvalue weighted by Crippen LogP contribution is -2.16. The first-order chi connectivity index (χ1) is 5.95. The Kier molecular flexibility index (Phi) is 2.42. The number of rotatable bonds is 2. The van der Waals surface area contributed by atoms with Gasteiger partial charge in [0.05, 0.1) is 0 Å². The summed E-state index contributed by atoms with van der Waals surface area (Å²) < 4.78 is 0. The van der Waals surface area contributed by atoms with E-state index in [2.05, 4.69) is 35.6 Å². The van der Waals surface area contributed by atoms with E-state index in [-0.39, 0.29) is 0 Å². The van der Waals surface area contributed by atoms with Crippen molar-refractivity contribution in [2.24, 2.45) is 0 Å². The van der Waals surface area contributed by atoms with Gasteiger partial charge in [0.15, 0.2) is 0 Å². The van der Waals surface area contributed by atoms with Crippen molar-refractivity contribution in [2.75, 3.05) is 6.54 Å². The summed E-state index contributed by atoms with van der Waals surface area (Å²) in [7, 11) is 0. The van der Waals surface area contributed by atoms with Gasteiger partial charge in [0, 0.05) is 12.6 Å². The van der Waals surface area contributed by atoms with Gasteiger partial charge in [-0.15, -0.1) is 0 Å². The zero-order valence-corrected chi connectivity index (χ0v) is 7.24. The normalized spacial score (nSPS) is 22.8. The van der Waals surface area contributed by atoms with E-state index in [1.807, 2.05) is 0 Å². The first-order valence-corrected chi connectivity index (χ1v) is 4.66. The van der Waals surface area contributed by atoms with E-state index in [4.69, 9.17) is 0 Å². The van der Waals surface area contributed by atoms with Crippen molar-refractivity contribution < 1.29 is 0 Å². The van der Waals surface area contributed by atoms with Gasteiger partial charge in [-0.25, -0.2) is 5.32 Å². The van der Waals surface area contributed by atoms with Crippen molar-refractivity contribution in [1.82, 2.24) is 5.32 Å². The van der Waals surface area contributed by atoms with Crippen LogP contribution in [0.2, 0.25) is 0 Å². The third-order valence-corrected chi connectivity index (χ3v) is 2.40. The highest BCUT2D eigenvalue weighted by Crippen LogP contribution is 2.12. The maximum Gasteiger partial charge on any atom is 0.0286 e. The zero-order valence-electron chi connectivity index (χ0n) is 7.24. The zero-order chi connectivity index (χ0) is 8.23. The van der Waals surface area contributed by atoms with E-state index < -0.39 is 0 Å². The molecule has 0 amide bonds. The molecule has 2 rings (SSSR count). The molecule has 1 aliphatic heterocycles. The summed E-state index contributed by atoms with van der Waals surface area (Å²) in [5.74, 6) is 0. The monoisotopic (exact) mass is 160 g/mol. The van der Waals surface area contributed by atoms with Crippen LogP contribution in [-0.4, -0.2) is 12.6 Å². The molecule has 1 aliphatic rings. The Morgan fingerprint density at radius 2 is 2.08 bits per heavy atom. The molecule has 1 heterocycles. The summed E-state index contributed by atoms with van der Waals surface area (Å²) in [5.41, 5.74) is 1.42. The third-order valence-electron chi connectivity index (χ3n) is 2.40. The van der Waals surface area contributed by atoms with Gasteiger partial charge in [0.2, 0.25) is 0 Å². The first-order valence-electron chi connectivity index (χ1n) is 4.66. The Labute approximate surface area is 73.8 Å². The van der Waals surface area contributed by atoms with Gasteiger partial charge in [-0.3, -0.25) is 0 Å². The van der Waals surface area contributed by atoms with Crippen molar-refractivity contribution >= 4 is 0 Å². The van der Waals surface area contributed by atoms with Crippen molar-refractivity contribution in [3.63, 3.8) is 0 Å². The quantitative estimate of drug-likeness (QED) is 0.628. The molecule has 1 fully saturated rings. The molecule has 0 unspecified atom stereocenters. The number of hydrogen-bond donors (Lipinski definition) is 0. The largest absolute Gasteiger partial charge is 0.238 e. The average molecular weight is 160 g/mol. The van der Waals surface area contributed by atoms with Crippen molar-refractivity contribution in [2.45, 2.75) is 25.3 Å². The summed E-state index contributed by atoms with van der Waals surface area (Å²) in [4.78, 5) is 0. The van der Waals surface area contributed by atoms with E-state index >= 15 is 0 Å². The predicted molar refractivity (Wildman–Crippen MR) is 50.2 cm³/mol. The lowest BCUT2D eigenvalue weighted by atomic mass is 10.1. The lowest BCUT2D eigenvalue weighted by Gasteiger charge is -2.07. The Morgan fingerprint density at radius 3 is 2.75 bits per heavy atom. The standard InChI is InChI=1S/C11H14N/c1-2-5-10(6-3-1)9-11-7-4-8-12-11/h1-3,5-6,11H,4,7-9H2/t11-/m0/s1. The van der Waals surface area contributed by atoms with Crippen LogP contribution in [0.3, 0.4) is 0 Å². The molecule has 0 aromatic heterocycles. The molecule has 0 saturated carbocycles. The average Bonchev–Trinajstić information content (AvgIpc) is 2.59. The van der Waals surface area contributed by atoms with E-state index in [0.717, 1.165) is 13.0 Å². The Balaban J connectivity index is 1.94. The Bertz CT molecular complexity index is 224. The fraction of sp³-hybridized carbons (Fsp3) is 0.455. The van der Waals surface area contributed by atoms with Crippen molar-refractivity contribution in [1.29, 1.82) is 0 Å². The molecule has 0 N–H and O–H groups in total. The summed E-state index contributed by atoms with van der Waals surface area (Å²) in [6.45, 7) is 1.08. The van der Waals surface area contributed by atoms with Crippen LogP contribution >= 0.6 is 0 Å². The van der Waals surface area contributed by atoms with Gasteiger partial charge in [0.1, 0.15) is 0 Å². The topological polar surface area (TPSA) is 14.1 Å². The molecule has 1 heteroatoms. The molecule has 1 nitrogen and oxygen atoms in total. The van der Waals surface area contributed by atoms with Crippen molar-refractivity contribution in [3.05, 3.63) is 35.9 Å². The first kappa shape index (κ1) is 7.81. The molecule has 1 saturated heterocycles. The number of hydrogen-bond acceptors (Lipinski definition) is 0. The van der Waals surface area contributed by atoms with E-state index in [9.17, 15) is 0 Å². The number of nitrogens with zero attached hydrogens (tertiary/aromatic N) is 1. The van der Waals surface area contributed by atoms with Crippen LogP contribution in [0.1, 0.15) is 18.4 Å². The molecule has 63 valence electrons. The molecular formula is C11H14N. The second kappa shape index (κ2) is 3.72. The fourth-order valence-corrected chi connectivity index (χ4v) is 1.74. The van der Waals surface area contributed by atoms with E-state index in [1.54, 1.807) is 0 Å². The maximum atomic E-state index is 4.53. The third kappa shape index (κ3) is 1.86. The highest BCUT2D eigenvalue weighted by atomic mass is 14.9. The van der Waals surface area contributed by atoms with Gasteiger partial charge < -0.3 is 0 Å². The van der Waals surface area contributed by atoms with Crippen LogP contribution in [0.25, 0.3) is 0 Å². The Hall–Kier alpha value is -0.820. The fourth-order valence-electron chi connectivity index (χ4n) is 1.74. The molecule has 1 radical (unpaired) electrons. The lowest BCUT2D eigenvalue weighted by molar-refractivity contribution is 0.593. The van der Waals surface area contributed by atoms with Crippen molar-refractivity contribution in [3.8, 4) is 0 Å². The van der Waals surface area contributed by atoms with E-state index in [0.29, 0.717) is 6.04 Å². The minimum Gasteiger partial charge on any atom is -0.238 e. The van der Waals surface area contributed by atoms with Crippen LogP contribution in [-0.2, 0) is 6.42 Å². The minimum absolute atomic E-state index is 0.604. The van der Waals surface area contributed by atoms with Crippen LogP contribution < -0.4 is 5.32 Å². The van der Waals surface area contributed by atoms with Gasteiger partial charge >= 0.3 is 0 Å². The maximum absolute atomic E-state index is 4.53. The second-order valence-corrected chi connectivity index (χ2v) is 3.39. The summed E-state index contributed by atoms with van der Waals surface area (Å²) in [6, 6.07) is 11.2. The highest BCUT2D eigenvalue weighted by Gasteiger charge is 2.15. The van der Waals surface area contributed by atoms with Crippen LogP contribution in [0.5, 0.6) is 0 Å². The summed E-state index contributed by atoms with van der Waals surface area (Å²) in [6.07, 6.45) is 3.72. The predicted octanol–water partition coefficient (Wildman–Crippen LogP) is 2.00. The van der Waals surface area contributed by atoms with Gasteiger partial charge in [0.25, 0.3) is 0 Å². The van der Waals surface area contributed by atoms with E-state index in [1.165, 1.54) is 18.4 Å². The minimum atomic E-state index is 0.604. The summed E-state index contributed by atoms with van der Waals surface area (Å²) >= 11 is 0. The van der Waals surface area contributed by atoms with Gasteiger partial charge in [-0.1, -0.05) is 30.3 Å².